The Morgan fingerprint density at radius 2 is 0.791 bits per heavy atom. The van der Waals surface area contributed by atoms with Crippen molar-refractivity contribution in [3.05, 3.63) is 156 Å². The van der Waals surface area contributed by atoms with E-state index in [9.17, 15) is 0 Å². The lowest BCUT2D eigenvalue weighted by Crippen LogP contribution is -2.14. The molecule has 0 radical (unpaired) electrons. The molecule has 2 heterocycles. The van der Waals surface area contributed by atoms with E-state index in [2.05, 4.69) is 140 Å². The van der Waals surface area contributed by atoms with Crippen LogP contribution >= 0.6 is 11.3 Å². The van der Waals surface area contributed by atoms with Gasteiger partial charge in [-0.1, -0.05) is 127 Å². The molecular formula is C41H24OS. The van der Waals surface area contributed by atoms with Gasteiger partial charge in [-0.3, -0.25) is 0 Å². The van der Waals surface area contributed by atoms with E-state index in [1.807, 2.05) is 11.3 Å². The normalized spacial score (nSPS) is 13.2. The van der Waals surface area contributed by atoms with Crippen LogP contribution in [0, 0.1) is 0 Å². The van der Waals surface area contributed by atoms with E-state index in [0.29, 0.717) is 0 Å². The molecule has 10 rings (SSSR count). The summed E-state index contributed by atoms with van der Waals surface area (Å²) in [7, 11) is 0. The average Bonchev–Trinajstić information content (AvgIpc) is 3.45. The Bertz CT molecular complexity index is 2480. The topological polar surface area (TPSA) is 9.23 Å². The van der Waals surface area contributed by atoms with Crippen LogP contribution in [0.3, 0.4) is 0 Å². The summed E-state index contributed by atoms with van der Waals surface area (Å²) >= 11 is 1.88. The highest BCUT2D eigenvalue weighted by Crippen LogP contribution is 2.57. The van der Waals surface area contributed by atoms with E-state index in [1.54, 1.807) is 0 Å². The van der Waals surface area contributed by atoms with Gasteiger partial charge < -0.3 is 4.74 Å². The summed E-state index contributed by atoms with van der Waals surface area (Å²) in [5.74, 6) is 1.95. The molecule has 8 aromatic carbocycles. The molecule has 0 spiro atoms. The lowest BCUT2D eigenvalue weighted by molar-refractivity contribution is 0.467. The van der Waals surface area contributed by atoms with Crippen LogP contribution in [0.5, 0.6) is 11.5 Å². The number of hydrogen-bond acceptors (Lipinski definition) is 2. The third-order valence-electron chi connectivity index (χ3n) is 9.37. The standard InChI is InChI=1S/C41H24OS/c1-5-16-31-25(11-1)27-13-3-7-18-33(27)40-38(31)37(24-21-22-30-29-15-9-10-20-35(29)43-36(30)23-24)39-32-17-6-2-12-26(32)28-14-4-8-19-34(28)41(39)42-40/h1-23,37H. The molecule has 2 heteroatoms. The first kappa shape index (κ1) is 23.4. The first-order valence-corrected chi connectivity index (χ1v) is 15.6. The molecule has 0 atom stereocenters. The molecule has 0 saturated heterocycles. The van der Waals surface area contributed by atoms with Crippen LogP contribution < -0.4 is 4.74 Å². The molecular weight excluding hydrogens is 541 g/mol. The summed E-state index contributed by atoms with van der Waals surface area (Å²) in [5.41, 5.74) is 3.80. The predicted octanol–water partition coefficient (Wildman–Crippen LogP) is 12.0. The first-order valence-electron chi connectivity index (χ1n) is 14.8. The molecule has 43 heavy (non-hydrogen) atoms. The van der Waals surface area contributed by atoms with Crippen molar-refractivity contribution in [2.45, 2.75) is 5.92 Å². The van der Waals surface area contributed by atoms with E-state index < -0.39 is 0 Å². The first-order chi connectivity index (χ1) is 21.3. The van der Waals surface area contributed by atoms with Gasteiger partial charge in [-0.2, -0.15) is 0 Å². The molecule has 200 valence electrons. The van der Waals surface area contributed by atoms with Crippen LogP contribution in [-0.2, 0) is 0 Å². The number of rotatable bonds is 1. The van der Waals surface area contributed by atoms with E-state index in [1.165, 1.54) is 69.2 Å². The van der Waals surface area contributed by atoms with Crippen molar-refractivity contribution < 1.29 is 4.74 Å². The van der Waals surface area contributed by atoms with Crippen LogP contribution in [0.1, 0.15) is 22.6 Å². The lowest BCUT2D eigenvalue weighted by Gasteiger charge is -2.33. The molecule has 0 amide bonds. The fourth-order valence-electron chi connectivity index (χ4n) is 7.57. The summed E-state index contributed by atoms with van der Waals surface area (Å²) in [5, 5.41) is 12.5. The van der Waals surface area contributed by atoms with Crippen LogP contribution in [0.25, 0.3) is 63.3 Å². The van der Waals surface area contributed by atoms with Crippen LogP contribution in [-0.4, -0.2) is 0 Å². The van der Waals surface area contributed by atoms with Crippen molar-refractivity contribution in [1.29, 1.82) is 0 Å². The van der Waals surface area contributed by atoms with E-state index in [0.717, 1.165) is 22.3 Å². The van der Waals surface area contributed by atoms with E-state index in [-0.39, 0.29) is 5.92 Å². The minimum Gasteiger partial charge on any atom is -0.455 e. The molecule has 0 saturated carbocycles. The number of hydrogen-bond donors (Lipinski definition) is 0. The fourth-order valence-corrected chi connectivity index (χ4v) is 8.72. The zero-order chi connectivity index (χ0) is 28.1. The summed E-state index contributed by atoms with van der Waals surface area (Å²) in [6.45, 7) is 0. The van der Waals surface area contributed by atoms with Gasteiger partial charge in [0.25, 0.3) is 0 Å². The highest BCUT2D eigenvalue weighted by molar-refractivity contribution is 7.25. The highest BCUT2D eigenvalue weighted by atomic mass is 32.1. The summed E-state index contributed by atoms with van der Waals surface area (Å²) in [6.07, 6.45) is 0. The maximum absolute atomic E-state index is 7.21. The summed E-state index contributed by atoms with van der Waals surface area (Å²) < 4.78 is 9.86. The van der Waals surface area contributed by atoms with Crippen molar-refractivity contribution >= 4 is 74.6 Å². The Morgan fingerprint density at radius 1 is 0.372 bits per heavy atom. The minimum atomic E-state index is -0.00243. The van der Waals surface area contributed by atoms with Crippen molar-refractivity contribution in [2.75, 3.05) is 0 Å². The Hall–Kier alpha value is -5.18. The average molecular weight is 565 g/mol. The van der Waals surface area contributed by atoms with Gasteiger partial charge in [0.1, 0.15) is 11.5 Å². The molecule has 0 aliphatic carbocycles. The molecule has 1 nitrogen and oxygen atoms in total. The summed E-state index contributed by atoms with van der Waals surface area (Å²) in [4.78, 5) is 0. The van der Waals surface area contributed by atoms with Gasteiger partial charge in [0.2, 0.25) is 0 Å². The maximum atomic E-state index is 7.21. The molecule has 0 unspecified atom stereocenters. The van der Waals surface area contributed by atoms with E-state index in [4.69, 9.17) is 4.74 Å². The smallest absolute Gasteiger partial charge is 0.140 e. The van der Waals surface area contributed by atoms with Gasteiger partial charge in [0.15, 0.2) is 0 Å². The predicted molar refractivity (Wildman–Crippen MR) is 183 cm³/mol. The Morgan fingerprint density at radius 3 is 1.35 bits per heavy atom. The lowest BCUT2D eigenvalue weighted by atomic mass is 9.76. The van der Waals surface area contributed by atoms with Crippen molar-refractivity contribution in [2.24, 2.45) is 0 Å². The number of ether oxygens (including phenoxy) is 1. The third-order valence-corrected chi connectivity index (χ3v) is 10.5. The van der Waals surface area contributed by atoms with Crippen LogP contribution in [0.4, 0.5) is 0 Å². The highest BCUT2D eigenvalue weighted by Gasteiger charge is 2.35. The second-order valence-corrected chi connectivity index (χ2v) is 12.6. The Labute approximate surface area is 252 Å². The van der Waals surface area contributed by atoms with Gasteiger partial charge >= 0.3 is 0 Å². The fraction of sp³-hybridized carbons (Fsp3) is 0.0244. The largest absolute Gasteiger partial charge is 0.455 e. The monoisotopic (exact) mass is 564 g/mol. The second kappa shape index (κ2) is 8.67. The summed E-state index contributed by atoms with van der Waals surface area (Å²) in [6, 6.07) is 51.0. The van der Waals surface area contributed by atoms with Gasteiger partial charge in [-0.05, 0) is 50.0 Å². The third kappa shape index (κ3) is 3.16. The van der Waals surface area contributed by atoms with Gasteiger partial charge in [-0.15, -0.1) is 11.3 Å². The molecule has 1 aliphatic heterocycles. The Balaban J connectivity index is 1.41. The SMILES string of the molecule is c1ccc2c(c1)sc1cc(C3c4c(c5ccccc5c5ccccc45)Oc4c3c3ccccc3c3ccccc43)ccc12. The van der Waals surface area contributed by atoms with Crippen molar-refractivity contribution in [3.8, 4) is 11.5 Å². The van der Waals surface area contributed by atoms with Gasteiger partial charge in [0, 0.05) is 48.0 Å². The Kier molecular flexibility index (Phi) is 4.72. The quantitative estimate of drug-likeness (QED) is 0.180. The zero-order valence-corrected chi connectivity index (χ0v) is 24.0. The zero-order valence-electron chi connectivity index (χ0n) is 23.2. The van der Waals surface area contributed by atoms with Gasteiger partial charge in [0.05, 0.1) is 0 Å². The number of fused-ring (bicyclic) bond motifs is 15. The number of benzene rings is 8. The van der Waals surface area contributed by atoms with Crippen LogP contribution in [0.2, 0.25) is 0 Å². The molecule has 9 aromatic rings. The van der Waals surface area contributed by atoms with Crippen molar-refractivity contribution in [1.82, 2.24) is 0 Å². The molecule has 1 aliphatic rings. The minimum absolute atomic E-state index is 0.00243. The van der Waals surface area contributed by atoms with E-state index >= 15 is 0 Å². The van der Waals surface area contributed by atoms with Crippen LogP contribution in [0.15, 0.2) is 140 Å². The molecule has 1 aromatic heterocycles. The molecule has 0 bridgehead atoms. The maximum Gasteiger partial charge on any atom is 0.140 e. The second-order valence-electron chi connectivity index (χ2n) is 11.6. The molecule has 0 fully saturated rings. The van der Waals surface area contributed by atoms with Gasteiger partial charge in [-0.25, -0.2) is 0 Å². The van der Waals surface area contributed by atoms with Crippen molar-refractivity contribution in [3.63, 3.8) is 0 Å². The molecule has 0 N–H and O–H groups in total. The number of thiophene rings is 1.